The molecule has 0 aliphatic rings. The van der Waals surface area contributed by atoms with E-state index in [0.29, 0.717) is 5.76 Å². The maximum atomic E-state index is 11.4. The number of sulfone groups is 1. The van der Waals surface area contributed by atoms with E-state index in [1.807, 2.05) is 0 Å². The summed E-state index contributed by atoms with van der Waals surface area (Å²) in [6.45, 7) is 1.91. The van der Waals surface area contributed by atoms with Gasteiger partial charge in [0.25, 0.3) is 0 Å². The van der Waals surface area contributed by atoms with Crippen LogP contribution >= 0.6 is 0 Å². The molecule has 5 heteroatoms. The van der Waals surface area contributed by atoms with Gasteiger partial charge in [0, 0.05) is 18.2 Å². The monoisotopic (exact) mass is 217 g/mol. The molecular weight excluding hydrogens is 202 g/mol. The zero-order valence-electron chi connectivity index (χ0n) is 8.14. The summed E-state index contributed by atoms with van der Waals surface area (Å²) < 4.78 is 27.9. The largest absolute Gasteiger partial charge is 0.469 e. The van der Waals surface area contributed by atoms with Crippen molar-refractivity contribution in [3.63, 3.8) is 0 Å². The fourth-order valence-electron chi connectivity index (χ4n) is 1.21. The lowest BCUT2D eigenvalue weighted by Gasteiger charge is -2.11. The normalized spacial score (nSPS) is 14.1. The third-order valence-corrected chi connectivity index (χ3v) is 3.91. The first-order valence-corrected chi connectivity index (χ1v) is 6.35. The molecule has 0 bridgehead atoms. The first kappa shape index (κ1) is 11.3. The molecule has 0 fully saturated rings. The molecule has 0 aliphatic heterocycles. The molecule has 0 saturated heterocycles. The molecule has 1 heterocycles. The number of furan rings is 1. The lowest BCUT2D eigenvalue weighted by Crippen LogP contribution is -2.22. The van der Waals surface area contributed by atoms with Gasteiger partial charge in [-0.05, 0) is 12.1 Å². The molecule has 0 spiro atoms. The van der Waals surface area contributed by atoms with Crippen LogP contribution in [0.5, 0.6) is 0 Å². The second-order valence-corrected chi connectivity index (χ2v) is 5.54. The van der Waals surface area contributed by atoms with Crippen LogP contribution in [0.25, 0.3) is 0 Å². The predicted octanol–water partition coefficient (Wildman–Crippen LogP) is 0.757. The summed E-state index contributed by atoms with van der Waals surface area (Å²) >= 11 is 0. The van der Waals surface area contributed by atoms with E-state index < -0.39 is 9.84 Å². The van der Waals surface area contributed by atoms with Crippen LogP contribution in [-0.4, -0.2) is 26.5 Å². The molecule has 1 aromatic rings. The molecule has 0 unspecified atom stereocenters. The molecule has 0 aliphatic carbocycles. The van der Waals surface area contributed by atoms with Crippen molar-refractivity contribution >= 4 is 9.84 Å². The summed E-state index contributed by atoms with van der Waals surface area (Å²) in [5, 5.41) is 0. The third-order valence-electron chi connectivity index (χ3n) is 2.13. The average molecular weight is 217 g/mol. The van der Waals surface area contributed by atoms with Crippen LogP contribution < -0.4 is 5.73 Å². The number of rotatable bonds is 5. The Morgan fingerprint density at radius 1 is 1.57 bits per heavy atom. The van der Waals surface area contributed by atoms with Crippen molar-refractivity contribution in [1.82, 2.24) is 0 Å². The molecule has 14 heavy (non-hydrogen) atoms. The van der Waals surface area contributed by atoms with E-state index in [1.165, 1.54) is 6.26 Å². The molecule has 2 N–H and O–H groups in total. The minimum atomic E-state index is -3.00. The van der Waals surface area contributed by atoms with Gasteiger partial charge in [-0.1, -0.05) is 6.92 Å². The highest BCUT2D eigenvalue weighted by Crippen LogP contribution is 2.17. The zero-order valence-corrected chi connectivity index (χ0v) is 8.96. The highest BCUT2D eigenvalue weighted by atomic mass is 32.2. The van der Waals surface area contributed by atoms with Gasteiger partial charge in [0.05, 0.1) is 12.0 Å². The van der Waals surface area contributed by atoms with E-state index in [0.717, 1.165) is 0 Å². The van der Waals surface area contributed by atoms with Crippen molar-refractivity contribution < 1.29 is 12.8 Å². The van der Waals surface area contributed by atoms with E-state index in [9.17, 15) is 8.42 Å². The standard InChI is InChI=1S/C9H15NO3S/c1-2-14(11,12)7-8(6-10)9-4-3-5-13-9/h3-5,8H,2,6-7,10H2,1H3/t8-/m1/s1. The molecule has 1 atom stereocenters. The molecule has 0 radical (unpaired) electrons. The van der Waals surface area contributed by atoms with Crippen molar-refractivity contribution in [3.05, 3.63) is 24.2 Å². The van der Waals surface area contributed by atoms with Gasteiger partial charge in [-0.3, -0.25) is 0 Å². The number of nitrogens with two attached hydrogens (primary N) is 1. The minimum absolute atomic E-state index is 0.0630. The second kappa shape index (κ2) is 4.61. The Balaban J connectivity index is 2.75. The highest BCUT2D eigenvalue weighted by Gasteiger charge is 2.20. The molecular formula is C9H15NO3S. The Labute approximate surface area is 84.0 Å². The summed E-state index contributed by atoms with van der Waals surface area (Å²) in [7, 11) is -3.00. The predicted molar refractivity (Wildman–Crippen MR) is 54.8 cm³/mol. The molecule has 0 amide bonds. The molecule has 80 valence electrons. The zero-order chi connectivity index (χ0) is 10.6. The fourth-order valence-corrected chi connectivity index (χ4v) is 2.36. The Kier molecular flexibility index (Phi) is 3.71. The summed E-state index contributed by atoms with van der Waals surface area (Å²) in [5.74, 6) is 0.622. The van der Waals surface area contributed by atoms with Gasteiger partial charge in [0.15, 0.2) is 9.84 Å². The molecule has 1 aromatic heterocycles. The second-order valence-electron chi connectivity index (χ2n) is 3.15. The maximum absolute atomic E-state index is 11.4. The Morgan fingerprint density at radius 3 is 2.71 bits per heavy atom. The molecule has 0 aromatic carbocycles. The van der Waals surface area contributed by atoms with Gasteiger partial charge >= 0.3 is 0 Å². The van der Waals surface area contributed by atoms with Crippen molar-refractivity contribution in [2.24, 2.45) is 5.73 Å². The van der Waals surface area contributed by atoms with Crippen molar-refractivity contribution in [2.75, 3.05) is 18.1 Å². The summed E-state index contributed by atoms with van der Waals surface area (Å²) in [6, 6.07) is 3.49. The van der Waals surface area contributed by atoms with Gasteiger partial charge < -0.3 is 10.2 Å². The van der Waals surface area contributed by atoms with Gasteiger partial charge in [-0.2, -0.15) is 0 Å². The van der Waals surface area contributed by atoms with E-state index in [2.05, 4.69) is 0 Å². The Bertz CT molecular complexity index is 355. The van der Waals surface area contributed by atoms with Gasteiger partial charge in [0.1, 0.15) is 5.76 Å². The van der Waals surface area contributed by atoms with Crippen LogP contribution in [-0.2, 0) is 9.84 Å². The van der Waals surface area contributed by atoms with E-state index in [1.54, 1.807) is 19.1 Å². The first-order chi connectivity index (χ1) is 6.59. The average Bonchev–Trinajstić information content (AvgIpc) is 2.67. The van der Waals surface area contributed by atoms with E-state index in [-0.39, 0.29) is 24.0 Å². The molecule has 0 saturated carbocycles. The number of hydrogen-bond acceptors (Lipinski definition) is 4. The lowest BCUT2D eigenvalue weighted by molar-refractivity contribution is 0.475. The lowest BCUT2D eigenvalue weighted by atomic mass is 10.1. The Morgan fingerprint density at radius 2 is 2.29 bits per heavy atom. The van der Waals surface area contributed by atoms with Crippen molar-refractivity contribution in [1.29, 1.82) is 0 Å². The summed E-state index contributed by atoms with van der Waals surface area (Å²) in [4.78, 5) is 0. The van der Waals surface area contributed by atoms with Crippen LogP contribution in [0.15, 0.2) is 22.8 Å². The summed E-state index contributed by atoms with van der Waals surface area (Å²) in [6.07, 6.45) is 1.52. The van der Waals surface area contributed by atoms with E-state index in [4.69, 9.17) is 10.2 Å². The van der Waals surface area contributed by atoms with Crippen LogP contribution in [0.3, 0.4) is 0 Å². The van der Waals surface area contributed by atoms with Gasteiger partial charge in [-0.25, -0.2) is 8.42 Å². The van der Waals surface area contributed by atoms with Gasteiger partial charge in [-0.15, -0.1) is 0 Å². The Hall–Kier alpha value is -0.810. The molecule has 4 nitrogen and oxygen atoms in total. The third kappa shape index (κ3) is 2.85. The first-order valence-electron chi connectivity index (χ1n) is 4.53. The van der Waals surface area contributed by atoms with Crippen LogP contribution in [0.2, 0.25) is 0 Å². The van der Waals surface area contributed by atoms with Crippen LogP contribution in [0.4, 0.5) is 0 Å². The van der Waals surface area contributed by atoms with Crippen molar-refractivity contribution in [2.45, 2.75) is 12.8 Å². The fraction of sp³-hybridized carbons (Fsp3) is 0.556. The topological polar surface area (TPSA) is 73.3 Å². The van der Waals surface area contributed by atoms with Crippen LogP contribution in [0, 0.1) is 0 Å². The summed E-state index contributed by atoms with van der Waals surface area (Å²) in [5.41, 5.74) is 5.50. The quantitative estimate of drug-likeness (QED) is 0.790. The van der Waals surface area contributed by atoms with Crippen LogP contribution in [0.1, 0.15) is 18.6 Å². The van der Waals surface area contributed by atoms with E-state index >= 15 is 0 Å². The van der Waals surface area contributed by atoms with Crippen molar-refractivity contribution in [3.8, 4) is 0 Å². The minimum Gasteiger partial charge on any atom is -0.469 e. The van der Waals surface area contributed by atoms with Gasteiger partial charge in [0.2, 0.25) is 0 Å². The SMILES string of the molecule is CCS(=O)(=O)C[C@@H](CN)c1ccco1. The smallest absolute Gasteiger partial charge is 0.150 e. The maximum Gasteiger partial charge on any atom is 0.150 e. The highest BCUT2D eigenvalue weighted by molar-refractivity contribution is 7.91. The number of hydrogen-bond donors (Lipinski definition) is 1. The molecule has 1 rings (SSSR count).